The first-order valence-electron chi connectivity index (χ1n) is 2.99. The quantitative estimate of drug-likeness (QED) is 0.464. The molecule has 0 aliphatic carbocycles. The smallest absolute Gasteiger partial charge is 0.854 e. The van der Waals surface area contributed by atoms with E-state index in [1.807, 2.05) is 0 Å². The Morgan fingerprint density at radius 2 is 1.08 bits per heavy atom. The molecular formula is C6H11K3O3. The molecule has 0 aromatic heterocycles. The Morgan fingerprint density at radius 3 is 1.08 bits per heavy atom. The van der Waals surface area contributed by atoms with Gasteiger partial charge >= 0.3 is 154 Å². The third kappa shape index (κ3) is 9.98. The van der Waals surface area contributed by atoms with Gasteiger partial charge in [-0.1, -0.05) is 18.8 Å². The molecular weight excluding hydrogens is 237 g/mol. The Morgan fingerprint density at radius 1 is 0.833 bits per heavy atom. The second kappa shape index (κ2) is 15.8. The molecule has 0 aromatic carbocycles. The van der Waals surface area contributed by atoms with Gasteiger partial charge in [0.05, 0.1) is 0 Å². The van der Waals surface area contributed by atoms with Gasteiger partial charge in [0.15, 0.2) is 0 Å². The normalized spacial score (nSPS) is 9.00. The molecule has 0 aliphatic rings. The fourth-order valence-corrected chi connectivity index (χ4v) is 0.431. The van der Waals surface area contributed by atoms with Gasteiger partial charge in [-0.2, -0.15) is 0 Å². The van der Waals surface area contributed by atoms with Crippen molar-refractivity contribution in [2.75, 3.05) is 19.8 Å². The molecule has 0 bridgehead atoms. The van der Waals surface area contributed by atoms with Gasteiger partial charge in [0.2, 0.25) is 0 Å². The van der Waals surface area contributed by atoms with Crippen molar-refractivity contribution in [3.8, 4) is 0 Å². The second-order valence-corrected chi connectivity index (χ2v) is 2.29. The van der Waals surface area contributed by atoms with E-state index in [1.165, 1.54) is 0 Å². The minimum absolute atomic E-state index is 0. The van der Waals surface area contributed by atoms with Crippen LogP contribution in [0.5, 0.6) is 0 Å². The number of hydrogen-bond donors (Lipinski definition) is 0. The summed E-state index contributed by atoms with van der Waals surface area (Å²) in [7, 11) is 0. The van der Waals surface area contributed by atoms with Crippen LogP contribution in [0.4, 0.5) is 0 Å². The van der Waals surface area contributed by atoms with E-state index in [1.54, 1.807) is 6.92 Å². The zero-order valence-corrected chi connectivity index (χ0v) is 17.9. The van der Waals surface area contributed by atoms with Crippen molar-refractivity contribution in [1.82, 2.24) is 0 Å². The molecule has 0 saturated heterocycles. The van der Waals surface area contributed by atoms with Crippen molar-refractivity contribution in [3.63, 3.8) is 0 Å². The van der Waals surface area contributed by atoms with Crippen molar-refractivity contribution >= 4 is 0 Å². The third-order valence-electron chi connectivity index (χ3n) is 1.67. The van der Waals surface area contributed by atoms with Crippen LogP contribution in [0.15, 0.2) is 0 Å². The van der Waals surface area contributed by atoms with Crippen molar-refractivity contribution in [2.24, 2.45) is 5.41 Å². The summed E-state index contributed by atoms with van der Waals surface area (Å²) in [5, 5.41) is 30.7. The Balaban J connectivity index is -0.000000107. The van der Waals surface area contributed by atoms with E-state index >= 15 is 0 Å². The minimum atomic E-state index is -1.00. The Kier molecular flexibility index (Phi) is 33.7. The average molecular weight is 248 g/mol. The monoisotopic (exact) mass is 248 g/mol. The van der Waals surface area contributed by atoms with Crippen LogP contribution in [-0.2, 0) is 0 Å². The van der Waals surface area contributed by atoms with Gasteiger partial charge in [-0.25, -0.2) is 0 Å². The largest absolute Gasteiger partial charge is 1.00 e. The van der Waals surface area contributed by atoms with E-state index in [0.717, 1.165) is 0 Å². The van der Waals surface area contributed by atoms with E-state index in [2.05, 4.69) is 0 Å². The van der Waals surface area contributed by atoms with Crippen molar-refractivity contribution in [2.45, 2.75) is 13.3 Å². The van der Waals surface area contributed by atoms with Gasteiger partial charge in [-0.15, -0.1) is 19.8 Å². The van der Waals surface area contributed by atoms with Gasteiger partial charge in [-0.3, -0.25) is 0 Å². The number of hydrogen-bond acceptors (Lipinski definition) is 3. The van der Waals surface area contributed by atoms with E-state index in [9.17, 15) is 15.3 Å². The summed E-state index contributed by atoms with van der Waals surface area (Å²) in [5.41, 5.74) is -1.00. The molecule has 56 valence electrons. The molecule has 0 amide bonds. The van der Waals surface area contributed by atoms with E-state index in [0.29, 0.717) is 6.42 Å². The van der Waals surface area contributed by atoms with E-state index < -0.39 is 25.2 Å². The van der Waals surface area contributed by atoms with Gasteiger partial charge in [0.1, 0.15) is 0 Å². The molecule has 6 heteroatoms. The zero-order chi connectivity index (χ0) is 7.33. The first-order chi connectivity index (χ1) is 4.24. The Labute approximate surface area is 202 Å². The van der Waals surface area contributed by atoms with Crippen LogP contribution in [0.2, 0.25) is 0 Å². The summed E-state index contributed by atoms with van der Waals surface area (Å²) >= 11 is 0. The summed E-state index contributed by atoms with van der Waals surface area (Å²) in [5.74, 6) is 0. The summed E-state index contributed by atoms with van der Waals surface area (Å²) in [6, 6.07) is 0. The molecule has 0 atom stereocenters. The molecule has 12 heavy (non-hydrogen) atoms. The first kappa shape index (κ1) is 25.6. The zero-order valence-electron chi connectivity index (χ0n) is 8.55. The van der Waals surface area contributed by atoms with Crippen LogP contribution in [0.3, 0.4) is 0 Å². The molecule has 0 aromatic rings. The van der Waals surface area contributed by atoms with Gasteiger partial charge in [0.25, 0.3) is 0 Å². The summed E-state index contributed by atoms with van der Waals surface area (Å²) in [6.45, 7) is 0.108. The summed E-state index contributed by atoms with van der Waals surface area (Å²) < 4.78 is 0. The topological polar surface area (TPSA) is 69.2 Å². The van der Waals surface area contributed by atoms with Crippen LogP contribution in [0.25, 0.3) is 0 Å². The molecule has 0 radical (unpaired) electrons. The minimum Gasteiger partial charge on any atom is -0.854 e. The maximum Gasteiger partial charge on any atom is 1.00 e. The fourth-order valence-electron chi connectivity index (χ4n) is 0.431. The molecule has 0 heterocycles. The predicted molar refractivity (Wildman–Crippen MR) is 27.3 cm³/mol. The Bertz CT molecular complexity index is 60.9. The molecule has 0 N–H and O–H groups in total. The summed E-state index contributed by atoms with van der Waals surface area (Å²) in [6.07, 6.45) is 0.406. The van der Waals surface area contributed by atoms with Crippen LogP contribution in [-0.4, -0.2) is 19.8 Å². The maximum atomic E-state index is 10.2. The van der Waals surface area contributed by atoms with Crippen molar-refractivity contribution in [1.29, 1.82) is 0 Å². The van der Waals surface area contributed by atoms with Crippen molar-refractivity contribution in [3.05, 3.63) is 0 Å². The predicted octanol–water partition coefficient (Wildman–Crippen LogP) is -11.5. The van der Waals surface area contributed by atoms with E-state index in [4.69, 9.17) is 0 Å². The molecule has 3 nitrogen and oxygen atoms in total. The SMILES string of the molecule is CCC(C[O-])(C[O-])C[O-].[K+].[K+].[K+]. The Hall–Kier alpha value is 4.79. The number of rotatable bonds is 4. The van der Waals surface area contributed by atoms with Gasteiger partial charge in [0, 0.05) is 0 Å². The van der Waals surface area contributed by atoms with Crippen LogP contribution in [0.1, 0.15) is 13.3 Å². The van der Waals surface area contributed by atoms with Gasteiger partial charge < -0.3 is 15.3 Å². The molecule has 0 aliphatic heterocycles. The average Bonchev–Trinajstić information content (AvgIpc) is 1.95. The fraction of sp³-hybridized carbons (Fsp3) is 1.00. The van der Waals surface area contributed by atoms with Gasteiger partial charge in [-0.05, 0) is 0 Å². The van der Waals surface area contributed by atoms with Crippen LogP contribution >= 0.6 is 0 Å². The third-order valence-corrected chi connectivity index (χ3v) is 1.67. The first-order valence-corrected chi connectivity index (χ1v) is 2.99. The van der Waals surface area contributed by atoms with Crippen LogP contribution in [0, 0.1) is 5.41 Å². The van der Waals surface area contributed by atoms with E-state index in [-0.39, 0.29) is 154 Å². The second-order valence-electron chi connectivity index (χ2n) is 2.29. The molecule has 0 spiro atoms. The summed E-state index contributed by atoms with van der Waals surface area (Å²) in [4.78, 5) is 0. The van der Waals surface area contributed by atoms with Crippen molar-refractivity contribution < 1.29 is 169 Å². The molecule has 0 unspecified atom stereocenters. The molecule has 0 saturated carbocycles. The van der Waals surface area contributed by atoms with Crippen LogP contribution < -0.4 is 169 Å². The molecule has 0 rings (SSSR count). The standard InChI is InChI=1S/C6H11O3.3K/c1-2-6(3-7,4-8)5-9;;;/h2-5H2,1H3;;;/q-3;3*+1. The molecule has 0 fully saturated rings. The maximum absolute atomic E-state index is 10.2.